The lowest BCUT2D eigenvalue weighted by molar-refractivity contribution is -0.0485. The Morgan fingerprint density at radius 3 is 2.00 bits per heavy atom. The van der Waals surface area contributed by atoms with E-state index in [1.54, 1.807) is 0 Å². The fourth-order valence-electron chi connectivity index (χ4n) is 1.59. The average Bonchev–Trinajstić information content (AvgIpc) is 2.12. The average molecular weight is 214 g/mol. The minimum atomic E-state index is -0.230. The van der Waals surface area contributed by atoms with Gasteiger partial charge in [-0.3, -0.25) is 0 Å². The summed E-state index contributed by atoms with van der Waals surface area (Å²) in [6.07, 6.45) is 0.0115. The van der Waals surface area contributed by atoms with E-state index in [2.05, 4.69) is 34.3 Å². The van der Waals surface area contributed by atoms with Crippen LogP contribution in [0, 0.1) is 17.3 Å². The van der Waals surface area contributed by atoms with Crippen molar-refractivity contribution in [3.8, 4) is 0 Å². The fraction of sp³-hybridized carbons (Fsp3) is 0.846. The molecule has 2 heteroatoms. The van der Waals surface area contributed by atoms with Gasteiger partial charge in [0.05, 0.1) is 12.4 Å². The molecule has 0 aromatic carbocycles. The minimum absolute atomic E-state index is 0.0115. The van der Waals surface area contributed by atoms with Crippen molar-refractivity contribution in [2.75, 3.05) is 6.61 Å². The molecular formula is C13H26O2. The van der Waals surface area contributed by atoms with Crippen LogP contribution in [-0.4, -0.2) is 17.8 Å². The summed E-state index contributed by atoms with van der Waals surface area (Å²) in [5.74, 6) is 1.48. The first kappa shape index (κ1) is 14.5. The van der Waals surface area contributed by atoms with Crippen LogP contribution >= 0.6 is 0 Å². The molecule has 1 unspecified atom stereocenters. The van der Waals surface area contributed by atoms with Gasteiger partial charge in [0.15, 0.2) is 0 Å². The van der Waals surface area contributed by atoms with Crippen LogP contribution in [-0.2, 0) is 4.74 Å². The Hall–Kier alpha value is -0.500. The summed E-state index contributed by atoms with van der Waals surface area (Å²) < 4.78 is 5.87. The second-order valence-electron chi connectivity index (χ2n) is 5.55. The molecule has 0 aliphatic rings. The van der Waals surface area contributed by atoms with Crippen LogP contribution in [0.2, 0.25) is 0 Å². The smallest absolute Gasteiger partial charge is 0.108 e. The van der Waals surface area contributed by atoms with Crippen molar-refractivity contribution in [1.29, 1.82) is 0 Å². The van der Waals surface area contributed by atoms with Crippen molar-refractivity contribution in [1.82, 2.24) is 0 Å². The Kier molecular flexibility index (Phi) is 5.36. The molecule has 0 saturated heterocycles. The van der Waals surface area contributed by atoms with Gasteiger partial charge >= 0.3 is 0 Å². The molecular weight excluding hydrogens is 188 g/mol. The van der Waals surface area contributed by atoms with Crippen LogP contribution in [0.4, 0.5) is 0 Å². The van der Waals surface area contributed by atoms with Gasteiger partial charge in [0.25, 0.3) is 0 Å². The molecule has 90 valence electrons. The lowest BCUT2D eigenvalue weighted by Crippen LogP contribution is -2.39. The first-order chi connectivity index (χ1) is 6.72. The van der Waals surface area contributed by atoms with E-state index >= 15 is 0 Å². The normalized spacial score (nSPS) is 14.5. The van der Waals surface area contributed by atoms with E-state index in [0.29, 0.717) is 11.8 Å². The van der Waals surface area contributed by atoms with E-state index in [1.807, 2.05) is 13.8 Å². The molecule has 0 saturated carbocycles. The minimum Gasteiger partial charge on any atom is -0.494 e. The summed E-state index contributed by atoms with van der Waals surface area (Å²) in [5, 5.41) is 9.36. The molecule has 0 aliphatic heterocycles. The summed E-state index contributed by atoms with van der Waals surface area (Å²) in [7, 11) is 0. The summed E-state index contributed by atoms with van der Waals surface area (Å²) in [6.45, 7) is 16.4. The van der Waals surface area contributed by atoms with Gasteiger partial charge in [0, 0.05) is 11.3 Å². The van der Waals surface area contributed by atoms with E-state index in [-0.39, 0.29) is 18.1 Å². The van der Waals surface area contributed by atoms with Crippen LogP contribution in [0.1, 0.15) is 41.5 Å². The lowest BCUT2D eigenvalue weighted by atomic mass is 9.81. The predicted molar refractivity (Wildman–Crippen MR) is 64.6 cm³/mol. The molecule has 1 atom stereocenters. The Balaban J connectivity index is 4.63. The number of aliphatic hydroxyl groups excluding tert-OH is 1. The molecule has 0 aliphatic carbocycles. The third-order valence-corrected chi connectivity index (χ3v) is 2.71. The zero-order valence-electron chi connectivity index (χ0n) is 11.0. The Morgan fingerprint density at radius 1 is 1.27 bits per heavy atom. The van der Waals surface area contributed by atoms with Gasteiger partial charge in [-0.25, -0.2) is 0 Å². The monoisotopic (exact) mass is 214 g/mol. The maximum Gasteiger partial charge on any atom is 0.108 e. The fourth-order valence-corrected chi connectivity index (χ4v) is 1.59. The molecule has 0 amide bonds. The Bertz CT molecular complexity index is 205. The highest BCUT2D eigenvalue weighted by atomic mass is 16.5. The predicted octanol–water partition coefficient (Wildman–Crippen LogP) is 3.22. The van der Waals surface area contributed by atoms with Crippen molar-refractivity contribution in [2.24, 2.45) is 17.3 Å². The van der Waals surface area contributed by atoms with E-state index in [1.165, 1.54) is 0 Å². The number of rotatable bonds is 6. The first-order valence-electron chi connectivity index (χ1n) is 5.68. The van der Waals surface area contributed by atoms with E-state index < -0.39 is 0 Å². The summed E-state index contributed by atoms with van der Waals surface area (Å²) >= 11 is 0. The van der Waals surface area contributed by atoms with Crippen molar-refractivity contribution < 1.29 is 9.84 Å². The third kappa shape index (κ3) is 4.25. The molecule has 0 aromatic rings. The molecule has 0 rings (SSSR count). The molecule has 2 nitrogen and oxygen atoms in total. The highest BCUT2D eigenvalue weighted by Crippen LogP contribution is 2.31. The van der Waals surface area contributed by atoms with Gasteiger partial charge in [0.1, 0.15) is 6.10 Å². The lowest BCUT2D eigenvalue weighted by Gasteiger charge is -2.37. The first-order valence-corrected chi connectivity index (χ1v) is 5.68. The second-order valence-corrected chi connectivity index (χ2v) is 5.55. The molecule has 0 heterocycles. The largest absolute Gasteiger partial charge is 0.494 e. The van der Waals surface area contributed by atoms with Crippen molar-refractivity contribution >= 4 is 0 Å². The Morgan fingerprint density at radius 2 is 1.73 bits per heavy atom. The molecule has 0 bridgehead atoms. The van der Waals surface area contributed by atoms with E-state index in [9.17, 15) is 5.11 Å². The molecule has 0 spiro atoms. The maximum atomic E-state index is 9.36. The number of ether oxygens (including phenoxy) is 1. The van der Waals surface area contributed by atoms with Crippen LogP contribution in [0.15, 0.2) is 12.3 Å². The van der Waals surface area contributed by atoms with Crippen LogP contribution in [0.5, 0.6) is 0 Å². The highest BCUT2D eigenvalue weighted by Gasteiger charge is 2.33. The van der Waals surface area contributed by atoms with Crippen LogP contribution < -0.4 is 0 Å². The number of allylic oxidation sites excluding steroid dienone is 1. The van der Waals surface area contributed by atoms with Gasteiger partial charge in [-0.15, -0.1) is 0 Å². The van der Waals surface area contributed by atoms with Crippen molar-refractivity contribution in [3.63, 3.8) is 0 Å². The van der Waals surface area contributed by atoms with Gasteiger partial charge in [-0.05, 0) is 5.92 Å². The topological polar surface area (TPSA) is 29.5 Å². The van der Waals surface area contributed by atoms with Gasteiger partial charge < -0.3 is 9.84 Å². The highest BCUT2D eigenvalue weighted by molar-refractivity contribution is 4.92. The zero-order chi connectivity index (χ0) is 12.2. The summed E-state index contributed by atoms with van der Waals surface area (Å²) in [4.78, 5) is 0. The van der Waals surface area contributed by atoms with Crippen LogP contribution in [0.3, 0.4) is 0 Å². The maximum absolute atomic E-state index is 9.36. The molecule has 15 heavy (non-hydrogen) atoms. The van der Waals surface area contributed by atoms with Crippen molar-refractivity contribution in [3.05, 3.63) is 12.3 Å². The molecule has 0 aromatic heterocycles. The van der Waals surface area contributed by atoms with Gasteiger partial charge in [0.2, 0.25) is 0 Å². The number of hydrogen-bond donors (Lipinski definition) is 1. The molecule has 0 radical (unpaired) electrons. The zero-order valence-corrected chi connectivity index (χ0v) is 11.0. The molecule has 0 fully saturated rings. The Labute approximate surface area is 94.3 Å². The second kappa shape index (κ2) is 5.55. The molecule has 1 N–H and O–H groups in total. The third-order valence-electron chi connectivity index (χ3n) is 2.71. The van der Waals surface area contributed by atoms with Crippen LogP contribution in [0.25, 0.3) is 0 Å². The summed E-state index contributed by atoms with van der Waals surface area (Å²) in [6, 6.07) is 0. The quantitative estimate of drug-likeness (QED) is 0.688. The SMILES string of the molecule is C=C(OC(C(C)C)C(C)(C)CO)C(C)C. The van der Waals surface area contributed by atoms with Crippen molar-refractivity contribution in [2.45, 2.75) is 47.6 Å². The number of aliphatic hydroxyl groups is 1. The van der Waals surface area contributed by atoms with Gasteiger partial charge in [-0.2, -0.15) is 0 Å². The van der Waals surface area contributed by atoms with Gasteiger partial charge in [-0.1, -0.05) is 48.1 Å². The van der Waals surface area contributed by atoms with E-state index in [4.69, 9.17) is 4.74 Å². The van der Waals surface area contributed by atoms with E-state index in [0.717, 1.165) is 5.76 Å². The summed E-state index contributed by atoms with van der Waals surface area (Å²) in [5.41, 5.74) is -0.230. The number of hydrogen-bond acceptors (Lipinski definition) is 2. The standard InChI is InChI=1S/C13H26O2/c1-9(2)11(5)15-12(10(3)4)13(6,7)8-14/h9-10,12,14H,5,8H2,1-4,6-7H3.